The zero-order valence-electron chi connectivity index (χ0n) is 19.5. The molecule has 1 aliphatic heterocycles. The Balaban J connectivity index is 1.39. The number of anilines is 1. The van der Waals surface area contributed by atoms with E-state index in [1.165, 1.54) is 22.3 Å². The standard InChI is InChI=1S/C24H34N6OS/c1-5-8-18(15-17-16-25-20-10-7-6-9-19(17)20)26-21(31)22-27-28-23(32-22)29-11-13-30(14-12-29)24(2,3)4/h6-7,9-10,16,18,25H,5,8,11-15H2,1-4H3,(H,26,31). The van der Waals surface area contributed by atoms with E-state index in [-0.39, 0.29) is 17.5 Å². The summed E-state index contributed by atoms with van der Waals surface area (Å²) in [4.78, 5) is 21.0. The Hall–Kier alpha value is -2.45. The van der Waals surface area contributed by atoms with Crippen LogP contribution in [-0.4, -0.2) is 63.7 Å². The topological polar surface area (TPSA) is 77.1 Å². The molecule has 0 radical (unpaired) electrons. The molecule has 172 valence electrons. The summed E-state index contributed by atoms with van der Waals surface area (Å²) >= 11 is 1.39. The minimum atomic E-state index is -0.125. The highest BCUT2D eigenvalue weighted by molar-refractivity contribution is 7.17. The molecule has 1 fully saturated rings. The van der Waals surface area contributed by atoms with Gasteiger partial charge in [0, 0.05) is 54.9 Å². The maximum Gasteiger partial charge on any atom is 0.282 e. The Bertz CT molecular complexity index is 1040. The molecule has 1 aliphatic rings. The molecule has 1 amide bonds. The molecule has 0 aliphatic carbocycles. The second-order valence-corrected chi connectivity index (χ2v) is 10.5. The van der Waals surface area contributed by atoms with Crippen LogP contribution < -0.4 is 10.2 Å². The van der Waals surface area contributed by atoms with Crippen LogP contribution in [0.4, 0.5) is 5.13 Å². The number of nitrogens with one attached hydrogen (secondary N) is 2. The maximum absolute atomic E-state index is 13.0. The molecule has 32 heavy (non-hydrogen) atoms. The van der Waals surface area contributed by atoms with Crippen molar-refractivity contribution in [2.45, 2.75) is 58.5 Å². The molecule has 4 rings (SSSR count). The van der Waals surface area contributed by atoms with Crippen molar-refractivity contribution >= 4 is 33.3 Å². The van der Waals surface area contributed by atoms with Crippen molar-refractivity contribution in [3.63, 3.8) is 0 Å². The van der Waals surface area contributed by atoms with Gasteiger partial charge in [-0.15, -0.1) is 10.2 Å². The first-order valence-electron chi connectivity index (χ1n) is 11.5. The van der Waals surface area contributed by atoms with Crippen molar-refractivity contribution in [2.75, 3.05) is 31.1 Å². The normalized spacial score (nSPS) is 16.4. The summed E-state index contributed by atoms with van der Waals surface area (Å²) in [6, 6.07) is 8.36. The SMILES string of the molecule is CCCC(Cc1c[nH]c2ccccc12)NC(=O)c1nnc(N2CCN(C(C)(C)C)CC2)s1. The highest BCUT2D eigenvalue weighted by Crippen LogP contribution is 2.25. The van der Waals surface area contributed by atoms with E-state index >= 15 is 0 Å². The lowest BCUT2D eigenvalue weighted by Gasteiger charge is -2.42. The number of carbonyl (C=O) groups excluding carboxylic acids is 1. The Morgan fingerprint density at radius 2 is 1.94 bits per heavy atom. The minimum absolute atomic E-state index is 0.0642. The third kappa shape index (κ3) is 5.13. The molecule has 1 aromatic carbocycles. The number of H-pyrrole nitrogens is 1. The number of hydrogen-bond donors (Lipinski definition) is 2. The Kier molecular flexibility index (Phi) is 6.81. The van der Waals surface area contributed by atoms with Crippen molar-refractivity contribution in [1.29, 1.82) is 0 Å². The summed E-state index contributed by atoms with van der Waals surface area (Å²) < 4.78 is 0. The monoisotopic (exact) mass is 454 g/mol. The fraction of sp³-hybridized carbons (Fsp3) is 0.542. The van der Waals surface area contributed by atoms with Gasteiger partial charge >= 0.3 is 0 Å². The van der Waals surface area contributed by atoms with Gasteiger partial charge in [0.2, 0.25) is 10.1 Å². The summed E-state index contributed by atoms with van der Waals surface area (Å²) in [7, 11) is 0. The molecule has 7 nitrogen and oxygen atoms in total. The van der Waals surface area contributed by atoms with Gasteiger partial charge in [-0.3, -0.25) is 9.69 Å². The summed E-state index contributed by atoms with van der Waals surface area (Å²) in [6.07, 6.45) is 4.78. The van der Waals surface area contributed by atoms with E-state index in [2.05, 4.69) is 82.4 Å². The van der Waals surface area contributed by atoms with Gasteiger partial charge in [0.15, 0.2) is 0 Å². The zero-order chi connectivity index (χ0) is 22.7. The lowest BCUT2D eigenvalue weighted by atomic mass is 10.0. The van der Waals surface area contributed by atoms with Crippen LogP contribution in [0, 0.1) is 0 Å². The first-order chi connectivity index (χ1) is 15.3. The van der Waals surface area contributed by atoms with Crippen LogP contribution in [0.1, 0.15) is 55.9 Å². The zero-order valence-corrected chi connectivity index (χ0v) is 20.3. The maximum atomic E-state index is 13.0. The number of para-hydroxylation sites is 1. The van der Waals surface area contributed by atoms with Crippen LogP contribution in [0.3, 0.4) is 0 Å². The van der Waals surface area contributed by atoms with Crippen molar-refractivity contribution in [1.82, 2.24) is 25.4 Å². The van der Waals surface area contributed by atoms with Crippen LogP contribution in [0.25, 0.3) is 10.9 Å². The van der Waals surface area contributed by atoms with Gasteiger partial charge in [0.05, 0.1) is 0 Å². The predicted molar refractivity (Wildman–Crippen MR) is 132 cm³/mol. The summed E-state index contributed by atoms with van der Waals surface area (Å²) in [5, 5.41) is 14.3. The van der Waals surface area contributed by atoms with Crippen molar-refractivity contribution < 1.29 is 4.79 Å². The Morgan fingerprint density at radius 1 is 1.19 bits per heavy atom. The van der Waals surface area contributed by atoms with E-state index in [9.17, 15) is 4.79 Å². The van der Waals surface area contributed by atoms with E-state index in [0.717, 1.165) is 56.1 Å². The van der Waals surface area contributed by atoms with Gasteiger partial charge in [0.1, 0.15) is 0 Å². The minimum Gasteiger partial charge on any atom is -0.361 e. The third-order valence-corrected chi connectivity index (χ3v) is 7.20. The average Bonchev–Trinajstić information content (AvgIpc) is 3.41. The second-order valence-electron chi connectivity index (χ2n) is 9.56. The number of aromatic nitrogens is 3. The molecule has 3 heterocycles. The van der Waals surface area contributed by atoms with Gasteiger partial charge in [-0.25, -0.2) is 0 Å². The summed E-state index contributed by atoms with van der Waals surface area (Å²) in [6.45, 7) is 12.7. The Morgan fingerprint density at radius 3 is 2.66 bits per heavy atom. The van der Waals surface area contributed by atoms with E-state index < -0.39 is 0 Å². The second kappa shape index (κ2) is 9.58. The van der Waals surface area contributed by atoms with Gasteiger partial charge < -0.3 is 15.2 Å². The number of rotatable bonds is 7. The van der Waals surface area contributed by atoms with Crippen LogP contribution >= 0.6 is 11.3 Å². The van der Waals surface area contributed by atoms with Gasteiger partial charge in [0.25, 0.3) is 5.91 Å². The van der Waals surface area contributed by atoms with Crippen molar-refractivity contribution in [2.24, 2.45) is 0 Å². The molecule has 3 aromatic rings. The number of piperazine rings is 1. The number of carbonyl (C=O) groups is 1. The average molecular weight is 455 g/mol. The predicted octanol–water partition coefficient (Wildman–Crippen LogP) is 4.08. The quantitative estimate of drug-likeness (QED) is 0.562. The molecular weight excluding hydrogens is 420 g/mol. The number of hydrogen-bond acceptors (Lipinski definition) is 6. The van der Waals surface area contributed by atoms with Gasteiger partial charge in [-0.05, 0) is 45.2 Å². The largest absolute Gasteiger partial charge is 0.361 e. The Labute approximate surface area is 194 Å². The molecule has 8 heteroatoms. The number of amides is 1. The van der Waals surface area contributed by atoms with Gasteiger partial charge in [-0.2, -0.15) is 0 Å². The molecule has 0 bridgehead atoms. The van der Waals surface area contributed by atoms with Crippen molar-refractivity contribution in [3.8, 4) is 0 Å². The fourth-order valence-corrected chi connectivity index (χ4v) is 5.19. The number of aromatic amines is 1. The van der Waals surface area contributed by atoms with Crippen molar-refractivity contribution in [3.05, 3.63) is 41.0 Å². The van der Waals surface area contributed by atoms with Gasteiger partial charge in [-0.1, -0.05) is 42.9 Å². The highest BCUT2D eigenvalue weighted by atomic mass is 32.1. The van der Waals surface area contributed by atoms with Crippen LogP contribution in [0.2, 0.25) is 0 Å². The molecule has 1 unspecified atom stereocenters. The molecule has 2 aromatic heterocycles. The molecule has 1 atom stereocenters. The summed E-state index contributed by atoms with van der Waals surface area (Å²) in [5.41, 5.74) is 2.54. The fourth-order valence-electron chi connectivity index (χ4n) is 4.39. The van der Waals surface area contributed by atoms with Crippen LogP contribution in [-0.2, 0) is 6.42 Å². The first-order valence-corrected chi connectivity index (χ1v) is 12.4. The number of nitrogens with zero attached hydrogens (tertiary/aromatic N) is 4. The highest BCUT2D eigenvalue weighted by Gasteiger charge is 2.28. The van der Waals surface area contributed by atoms with Crippen LogP contribution in [0.5, 0.6) is 0 Å². The first kappa shape index (κ1) is 22.7. The molecule has 0 spiro atoms. The van der Waals surface area contributed by atoms with E-state index in [1.807, 2.05) is 6.07 Å². The summed E-state index contributed by atoms with van der Waals surface area (Å²) in [5.74, 6) is -0.125. The lowest BCUT2D eigenvalue weighted by Crippen LogP contribution is -2.53. The molecular formula is C24H34N6OS. The molecule has 0 saturated carbocycles. The number of benzene rings is 1. The van der Waals surface area contributed by atoms with E-state index in [0.29, 0.717) is 5.01 Å². The third-order valence-electron chi connectivity index (χ3n) is 6.22. The number of fused-ring (bicyclic) bond motifs is 1. The molecule has 1 saturated heterocycles. The smallest absolute Gasteiger partial charge is 0.282 e. The molecule has 2 N–H and O–H groups in total. The van der Waals surface area contributed by atoms with E-state index in [4.69, 9.17) is 0 Å². The lowest BCUT2D eigenvalue weighted by molar-refractivity contribution is 0.0933. The van der Waals surface area contributed by atoms with Crippen LogP contribution in [0.15, 0.2) is 30.5 Å². The van der Waals surface area contributed by atoms with E-state index in [1.54, 1.807) is 0 Å².